The Hall–Kier alpha value is -2.51. The van der Waals surface area contributed by atoms with Crippen LogP contribution >= 0.6 is 0 Å². The number of hydrogen-bond acceptors (Lipinski definition) is 6. The van der Waals surface area contributed by atoms with E-state index in [0.29, 0.717) is 18.2 Å². The second-order valence-corrected chi connectivity index (χ2v) is 6.76. The Morgan fingerprint density at radius 2 is 1.62 bits per heavy atom. The molecule has 7 heteroatoms. The van der Waals surface area contributed by atoms with E-state index in [2.05, 4.69) is 41.7 Å². The molecule has 26 heavy (non-hydrogen) atoms. The first-order chi connectivity index (χ1) is 12.8. The largest absolute Gasteiger partial charge is 0.424 e. The zero-order valence-electron chi connectivity index (χ0n) is 15.1. The molecule has 0 spiro atoms. The van der Waals surface area contributed by atoms with E-state index >= 15 is 0 Å². The molecular weight excluding hydrogens is 328 g/mol. The Balaban J connectivity index is 1.26. The van der Waals surface area contributed by atoms with Crippen molar-refractivity contribution in [2.75, 3.05) is 26.2 Å². The van der Waals surface area contributed by atoms with E-state index in [-0.39, 0.29) is 0 Å². The van der Waals surface area contributed by atoms with Crippen molar-refractivity contribution < 1.29 is 4.42 Å². The summed E-state index contributed by atoms with van der Waals surface area (Å²) in [6.07, 6.45) is 4.54. The number of aromatic nitrogens is 4. The third-order valence-electron chi connectivity index (χ3n) is 4.82. The maximum absolute atomic E-state index is 5.83. The fourth-order valence-electron chi connectivity index (χ4n) is 3.24. The Morgan fingerprint density at radius 3 is 2.31 bits per heavy atom. The van der Waals surface area contributed by atoms with Gasteiger partial charge in [-0.2, -0.15) is 0 Å². The summed E-state index contributed by atoms with van der Waals surface area (Å²) in [5.41, 5.74) is 1.19. The van der Waals surface area contributed by atoms with Gasteiger partial charge >= 0.3 is 0 Å². The molecule has 136 valence electrons. The third-order valence-corrected chi connectivity index (χ3v) is 4.82. The molecule has 0 bridgehead atoms. The van der Waals surface area contributed by atoms with Crippen molar-refractivity contribution in [3.63, 3.8) is 0 Å². The lowest BCUT2D eigenvalue weighted by molar-refractivity contribution is 0.111. The van der Waals surface area contributed by atoms with E-state index in [1.54, 1.807) is 0 Å². The first-order valence-electron chi connectivity index (χ1n) is 9.02. The molecule has 0 radical (unpaired) electrons. The van der Waals surface area contributed by atoms with Gasteiger partial charge in [-0.25, -0.2) is 4.98 Å². The number of aryl methyl sites for hydroxylation is 1. The first-order valence-corrected chi connectivity index (χ1v) is 9.02. The Bertz CT molecular complexity index is 819. The quantitative estimate of drug-likeness (QED) is 0.673. The van der Waals surface area contributed by atoms with Crippen LogP contribution in [0.2, 0.25) is 0 Å². The molecule has 1 aliphatic rings. The highest BCUT2D eigenvalue weighted by molar-refractivity contribution is 5.17. The molecule has 0 unspecified atom stereocenters. The summed E-state index contributed by atoms with van der Waals surface area (Å²) in [6.45, 7) is 5.68. The molecule has 1 aromatic carbocycles. The minimum Gasteiger partial charge on any atom is -0.424 e. The zero-order valence-corrected chi connectivity index (χ0v) is 15.1. The lowest BCUT2D eigenvalue weighted by Crippen LogP contribution is -2.45. The van der Waals surface area contributed by atoms with Gasteiger partial charge in [0.05, 0.1) is 19.5 Å². The standard InChI is InChI=1S/C19H24N6O/c1-23-8-7-20-17(23)14-24-9-11-25(12-10-24)15-19-22-21-18(26-19)13-16-5-3-2-4-6-16/h2-8H,9-15H2,1H3. The van der Waals surface area contributed by atoms with Gasteiger partial charge in [-0.05, 0) is 5.56 Å². The Morgan fingerprint density at radius 1 is 0.923 bits per heavy atom. The van der Waals surface area contributed by atoms with Crippen molar-refractivity contribution in [1.82, 2.24) is 29.5 Å². The van der Waals surface area contributed by atoms with Gasteiger partial charge in [0.1, 0.15) is 5.82 Å². The molecule has 3 heterocycles. The zero-order chi connectivity index (χ0) is 17.8. The number of hydrogen-bond donors (Lipinski definition) is 0. The topological polar surface area (TPSA) is 63.2 Å². The van der Waals surface area contributed by atoms with E-state index in [1.807, 2.05) is 37.6 Å². The van der Waals surface area contributed by atoms with Crippen LogP contribution in [0.5, 0.6) is 0 Å². The molecule has 0 atom stereocenters. The van der Waals surface area contributed by atoms with E-state index in [9.17, 15) is 0 Å². The predicted molar refractivity (Wildman–Crippen MR) is 97.3 cm³/mol. The van der Waals surface area contributed by atoms with Crippen LogP contribution in [0.1, 0.15) is 23.2 Å². The van der Waals surface area contributed by atoms with Crippen LogP contribution < -0.4 is 0 Å². The van der Waals surface area contributed by atoms with E-state index in [1.165, 1.54) is 5.56 Å². The smallest absolute Gasteiger partial charge is 0.230 e. The maximum atomic E-state index is 5.83. The molecule has 2 aromatic heterocycles. The minimum atomic E-state index is 0.680. The number of imidazole rings is 1. The summed E-state index contributed by atoms with van der Waals surface area (Å²) in [7, 11) is 2.04. The molecule has 1 fully saturated rings. The summed E-state index contributed by atoms with van der Waals surface area (Å²) in [5, 5.41) is 8.40. The van der Waals surface area contributed by atoms with Gasteiger partial charge in [-0.1, -0.05) is 30.3 Å². The average molecular weight is 352 g/mol. The highest BCUT2D eigenvalue weighted by Gasteiger charge is 2.20. The number of nitrogens with zero attached hydrogens (tertiary/aromatic N) is 6. The molecule has 0 saturated carbocycles. The summed E-state index contributed by atoms with van der Waals surface area (Å²) < 4.78 is 7.91. The van der Waals surface area contributed by atoms with Crippen LogP contribution in [0.15, 0.2) is 47.1 Å². The van der Waals surface area contributed by atoms with Crippen LogP contribution in [-0.2, 0) is 26.6 Å². The summed E-state index contributed by atoms with van der Waals surface area (Å²) >= 11 is 0. The number of rotatable bonds is 6. The van der Waals surface area contributed by atoms with Gasteiger partial charge in [0, 0.05) is 45.6 Å². The molecule has 1 aliphatic heterocycles. The van der Waals surface area contributed by atoms with Crippen molar-refractivity contribution in [3.8, 4) is 0 Å². The third kappa shape index (κ3) is 4.17. The van der Waals surface area contributed by atoms with Gasteiger partial charge < -0.3 is 8.98 Å². The van der Waals surface area contributed by atoms with Crippen molar-refractivity contribution in [2.24, 2.45) is 7.05 Å². The van der Waals surface area contributed by atoms with Gasteiger partial charge in [0.15, 0.2) is 0 Å². The van der Waals surface area contributed by atoms with Gasteiger partial charge in [-0.15, -0.1) is 10.2 Å². The fourth-order valence-corrected chi connectivity index (χ4v) is 3.24. The molecule has 3 aromatic rings. The molecule has 4 rings (SSSR count). The van der Waals surface area contributed by atoms with Gasteiger partial charge in [-0.3, -0.25) is 9.80 Å². The van der Waals surface area contributed by atoms with Crippen LogP contribution in [0.4, 0.5) is 0 Å². The molecule has 0 N–H and O–H groups in total. The Labute approximate surface area is 153 Å². The van der Waals surface area contributed by atoms with Crippen molar-refractivity contribution in [1.29, 1.82) is 0 Å². The minimum absolute atomic E-state index is 0.680. The number of piperazine rings is 1. The number of benzene rings is 1. The second-order valence-electron chi connectivity index (χ2n) is 6.76. The van der Waals surface area contributed by atoms with Crippen molar-refractivity contribution in [3.05, 3.63) is 65.9 Å². The van der Waals surface area contributed by atoms with E-state index in [4.69, 9.17) is 4.42 Å². The average Bonchev–Trinajstić information content (AvgIpc) is 3.27. The molecular formula is C19H24N6O. The van der Waals surface area contributed by atoms with Crippen LogP contribution in [0, 0.1) is 0 Å². The van der Waals surface area contributed by atoms with E-state index in [0.717, 1.165) is 45.1 Å². The van der Waals surface area contributed by atoms with Crippen molar-refractivity contribution >= 4 is 0 Å². The summed E-state index contributed by atoms with van der Waals surface area (Å²) in [4.78, 5) is 9.22. The lowest BCUT2D eigenvalue weighted by atomic mass is 10.2. The van der Waals surface area contributed by atoms with Crippen LogP contribution in [0.25, 0.3) is 0 Å². The van der Waals surface area contributed by atoms with Gasteiger partial charge in [0.2, 0.25) is 11.8 Å². The predicted octanol–water partition coefficient (Wildman–Crippen LogP) is 1.71. The van der Waals surface area contributed by atoms with E-state index < -0.39 is 0 Å². The maximum Gasteiger partial charge on any atom is 0.230 e. The summed E-state index contributed by atoms with van der Waals surface area (Å²) in [6, 6.07) is 10.2. The summed E-state index contributed by atoms with van der Waals surface area (Å²) in [5.74, 6) is 2.49. The SMILES string of the molecule is Cn1ccnc1CN1CCN(Cc2nnc(Cc3ccccc3)o2)CC1. The van der Waals surface area contributed by atoms with Crippen LogP contribution in [0.3, 0.4) is 0 Å². The highest BCUT2D eigenvalue weighted by atomic mass is 16.4. The molecule has 7 nitrogen and oxygen atoms in total. The van der Waals surface area contributed by atoms with Crippen LogP contribution in [-0.4, -0.2) is 55.7 Å². The Kier molecular flexibility index (Phi) is 5.08. The fraction of sp³-hybridized carbons (Fsp3) is 0.421. The lowest BCUT2D eigenvalue weighted by Gasteiger charge is -2.33. The molecule has 0 aliphatic carbocycles. The highest BCUT2D eigenvalue weighted by Crippen LogP contribution is 2.12. The van der Waals surface area contributed by atoms with Gasteiger partial charge in [0.25, 0.3) is 0 Å². The van der Waals surface area contributed by atoms with Crippen molar-refractivity contribution in [2.45, 2.75) is 19.5 Å². The molecule has 1 saturated heterocycles. The normalized spacial score (nSPS) is 16.2. The molecule has 0 amide bonds. The first kappa shape index (κ1) is 16.9. The second kappa shape index (κ2) is 7.80. The monoisotopic (exact) mass is 352 g/mol.